The smallest absolute Gasteiger partial charge is 0.144 e. The van der Waals surface area contributed by atoms with E-state index in [9.17, 15) is 4.79 Å². The van der Waals surface area contributed by atoms with Crippen LogP contribution in [0.4, 0.5) is 0 Å². The number of hydrogen-bond acceptors (Lipinski definition) is 3. The minimum atomic E-state index is 0.124. The third kappa shape index (κ3) is 3.45. The molecule has 0 bridgehead atoms. The van der Waals surface area contributed by atoms with E-state index in [0.29, 0.717) is 18.6 Å². The van der Waals surface area contributed by atoms with E-state index >= 15 is 0 Å². The standard InChI is InChI=1S/C18H15NO2/c20-17(13-18-10-11-19-21-18)12-14-6-8-16(9-7-14)15-4-2-1-3-5-15/h1-11H,12-13H2. The number of carbonyl (C=O) groups excluding carboxylic acids is 1. The molecule has 21 heavy (non-hydrogen) atoms. The van der Waals surface area contributed by atoms with Gasteiger partial charge in [-0.25, -0.2) is 0 Å². The summed E-state index contributed by atoms with van der Waals surface area (Å²) >= 11 is 0. The maximum Gasteiger partial charge on any atom is 0.144 e. The molecule has 1 aromatic heterocycles. The molecule has 3 heteroatoms. The summed E-state index contributed by atoms with van der Waals surface area (Å²) in [5.41, 5.74) is 3.35. The molecule has 3 aromatic rings. The fraction of sp³-hybridized carbons (Fsp3) is 0.111. The van der Waals surface area contributed by atoms with Crippen LogP contribution in [0.25, 0.3) is 11.1 Å². The second kappa shape index (κ2) is 6.18. The zero-order valence-electron chi connectivity index (χ0n) is 11.5. The lowest BCUT2D eigenvalue weighted by Crippen LogP contribution is -2.05. The highest BCUT2D eigenvalue weighted by molar-refractivity contribution is 5.82. The Morgan fingerprint density at radius 3 is 2.24 bits per heavy atom. The van der Waals surface area contributed by atoms with E-state index in [2.05, 4.69) is 17.3 Å². The van der Waals surface area contributed by atoms with Crippen molar-refractivity contribution in [2.45, 2.75) is 12.8 Å². The lowest BCUT2D eigenvalue weighted by Gasteiger charge is -2.04. The summed E-state index contributed by atoms with van der Waals surface area (Å²) in [7, 11) is 0. The van der Waals surface area contributed by atoms with E-state index in [1.807, 2.05) is 42.5 Å². The van der Waals surface area contributed by atoms with Crippen LogP contribution in [0.15, 0.2) is 71.4 Å². The zero-order chi connectivity index (χ0) is 14.5. The Morgan fingerprint density at radius 2 is 1.57 bits per heavy atom. The second-order valence-corrected chi connectivity index (χ2v) is 4.93. The lowest BCUT2D eigenvalue weighted by molar-refractivity contribution is -0.118. The number of hydrogen-bond donors (Lipinski definition) is 0. The van der Waals surface area contributed by atoms with Crippen LogP contribution in [0, 0.1) is 0 Å². The van der Waals surface area contributed by atoms with Gasteiger partial charge in [-0.05, 0) is 16.7 Å². The van der Waals surface area contributed by atoms with Gasteiger partial charge in [0.25, 0.3) is 0 Å². The number of carbonyl (C=O) groups is 1. The van der Waals surface area contributed by atoms with Gasteiger partial charge in [0.15, 0.2) is 0 Å². The Kier molecular flexibility index (Phi) is 3.92. The average molecular weight is 277 g/mol. The van der Waals surface area contributed by atoms with Crippen molar-refractivity contribution in [2.24, 2.45) is 0 Å². The number of benzene rings is 2. The second-order valence-electron chi connectivity index (χ2n) is 4.93. The SMILES string of the molecule is O=C(Cc1ccc(-c2ccccc2)cc1)Cc1ccno1. The van der Waals surface area contributed by atoms with Crippen LogP contribution in [-0.2, 0) is 17.6 Å². The zero-order valence-corrected chi connectivity index (χ0v) is 11.5. The molecule has 0 radical (unpaired) electrons. The predicted octanol–water partition coefficient (Wildman–Crippen LogP) is 3.70. The monoisotopic (exact) mass is 277 g/mol. The van der Waals surface area contributed by atoms with Gasteiger partial charge in [-0.15, -0.1) is 0 Å². The van der Waals surface area contributed by atoms with Crippen LogP contribution in [0.2, 0.25) is 0 Å². The van der Waals surface area contributed by atoms with Crippen molar-refractivity contribution >= 4 is 5.78 Å². The summed E-state index contributed by atoms with van der Waals surface area (Å²) in [6.45, 7) is 0. The van der Waals surface area contributed by atoms with E-state index in [0.717, 1.165) is 11.1 Å². The first kappa shape index (κ1) is 13.3. The molecular weight excluding hydrogens is 262 g/mol. The molecule has 0 aliphatic carbocycles. The van der Waals surface area contributed by atoms with Gasteiger partial charge >= 0.3 is 0 Å². The van der Waals surface area contributed by atoms with E-state index in [1.54, 1.807) is 12.3 Å². The molecule has 0 atom stereocenters. The largest absolute Gasteiger partial charge is 0.361 e. The van der Waals surface area contributed by atoms with Crippen LogP contribution < -0.4 is 0 Å². The Balaban J connectivity index is 1.66. The first-order chi connectivity index (χ1) is 10.3. The molecule has 3 rings (SSSR count). The summed E-state index contributed by atoms with van der Waals surface area (Å²) < 4.78 is 4.95. The van der Waals surface area contributed by atoms with E-state index in [1.165, 1.54) is 5.56 Å². The Bertz CT molecular complexity index is 701. The van der Waals surface area contributed by atoms with E-state index in [-0.39, 0.29) is 5.78 Å². The molecule has 0 saturated heterocycles. The molecule has 0 unspecified atom stereocenters. The molecule has 104 valence electrons. The summed E-state index contributed by atoms with van der Waals surface area (Å²) in [6.07, 6.45) is 2.26. The Morgan fingerprint density at radius 1 is 0.857 bits per heavy atom. The van der Waals surface area contributed by atoms with Gasteiger partial charge in [0, 0.05) is 12.5 Å². The summed E-state index contributed by atoms with van der Waals surface area (Å²) in [6, 6.07) is 20.0. The average Bonchev–Trinajstić information content (AvgIpc) is 3.02. The maximum absolute atomic E-state index is 11.9. The van der Waals surface area contributed by atoms with E-state index in [4.69, 9.17) is 4.52 Å². The van der Waals surface area contributed by atoms with Crippen LogP contribution >= 0.6 is 0 Å². The molecule has 0 N–H and O–H groups in total. The van der Waals surface area contributed by atoms with Gasteiger partial charge in [-0.1, -0.05) is 59.8 Å². The van der Waals surface area contributed by atoms with Crippen LogP contribution in [0.5, 0.6) is 0 Å². The third-order valence-corrected chi connectivity index (χ3v) is 3.32. The van der Waals surface area contributed by atoms with Crippen molar-refractivity contribution in [2.75, 3.05) is 0 Å². The highest BCUT2D eigenvalue weighted by Gasteiger charge is 2.08. The van der Waals surface area contributed by atoms with E-state index < -0.39 is 0 Å². The fourth-order valence-electron chi connectivity index (χ4n) is 2.26. The lowest BCUT2D eigenvalue weighted by atomic mass is 10.0. The minimum absolute atomic E-state index is 0.124. The first-order valence-corrected chi connectivity index (χ1v) is 6.87. The van der Waals surface area contributed by atoms with Gasteiger partial charge in [-0.3, -0.25) is 4.79 Å². The number of rotatable bonds is 5. The molecule has 0 spiro atoms. The van der Waals surface area contributed by atoms with Gasteiger partial charge < -0.3 is 4.52 Å². The van der Waals surface area contributed by atoms with Crippen LogP contribution in [-0.4, -0.2) is 10.9 Å². The number of aromatic nitrogens is 1. The summed E-state index contributed by atoms with van der Waals surface area (Å²) in [5, 5.41) is 3.60. The van der Waals surface area contributed by atoms with Crippen LogP contribution in [0.3, 0.4) is 0 Å². The van der Waals surface area contributed by atoms with Crippen molar-refractivity contribution < 1.29 is 9.32 Å². The number of nitrogens with zero attached hydrogens (tertiary/aromatic N) is 1. The van der Waals surface area contributed by atoms with Gasteiger partial charge in [0.2, 0.25) is 0 Å². The molecule has 0 amide bonds. The molecule has 2 aromatic carbocycles. The van der Waals surface area contributed by atoms with Gasteiger partial charge in [0.05, 0.1) is 12.6 Å². The Labute approximate surface area is 123 Å². The molecule has 0 aliphatic heterocycles. The first-order valence-electron chi connectivity index (χ1n) is 6.87. The Hall–Kier alpha value is -2.68. The molecule has 0 saturated carbocycles. The molecule has 3 nitrogen and oxygen atoms in total. The minimum Gasteiger partial charge on any atom is -0.361 e. The fourth-order valence-corrected chi connectivity index (χ4v) is 2.26. The van der Waals surface area contributed by atoms with Crippen molar-refractivity contribution in [3.05, 3.63) is 78.2 Å². The van der Waals surface area contributed by atoms with Gasteiger partial charge in [0.1, 0.15) is 11.5 Å². The number of Topliss-reactive ketones (excluding diaryl/α,β-unsaturated/α-hetero) is 1. The molecule has 1 heterocycles. The summed E-state index contributed by atoms with van der Waals surface area (Å²) in [4.78, 5) is 11.9. The highest BCUT2D eigenvalue weighted by atomic mass is 16.5. The van der Waals surface area contributed by atoms with Crippen molar-refractivity contribution in [3.8, 4) is 11.1 Å². The third-order valence-electron chi connectivity index (χ3n) is 3.32. The van der Waals surface area contributed by atoms with Crippen molar-refractivity contribution in [1.29, 1.82) is 0 Å². The van der Waals surface area contributed by atoms with Gasteiger partial charge in [-0.2, -0.15) is 0 Å². The normalized spacial score (nSPS) is 10.5. The highest BCUT2D eigenvalue weighted by Crippen LogP contribution is 2.19. The van der Waals surface area contributed by atoms with Crippen molar-refractivity contribution in [3.63, 3.8) is 0 Å². The molecule has 0 aliphatic rings. The maximum atomic E-state index is 11.9. The predicted molar refractivity (Wildman–Crippen MR) is 80.8 cm³/mol. The van der Waals surface area contributed by atoms with Crippen molar-refractivity contribution in [1.82, 2.24) is 5.16 Å². The summed E-state index contributed by atoms with van der Waals surface area (Å²) in [5.74, 6) is 0.736. The molecule has 0 fully saturated rings. The topological polar surface area (TPSA) is 43.1 Å². The number of ketones is 1. The van der Waals surface area contributed by atoms with Crippen LogP contribution in [0.1, 0.15) is 11.3 Å². The quantitative estimate of drug-likeness (QED) is 0.714. The molecular formula is C18H15NO2.